The summed E-state index contributed by atoms with van der Waals surface area (Å²) in [6.45, 7) is 13.5. The number of carbonyl (C=O) groups excluding carboxylic acids is 2. The molecule has 0 saturated heterocycles. The fourth-order valence-corrected chi connectivity index (χ4v) is 8.18. The number of imide groups is 1. The van der Waals surface area contributed by atoms with Crippen LogP contribution < -0.4 is 9.62 Å². The number of hydrogen-bond donors (Lipinski definition) is 2. The van der Waals surface area contributed by atoms with Gasteiger partial charge in [0.25, 0.3) is 0 Å². The SMILES string of the molecule is CC(C)(C)OC(=O)N(C(=O)OC(C)(C)C)c1ccc(Cl)c(C(NS(=O)(=O)C2CC2)c2cc3cccc(-c4cc(C(C)(C)O)ccn4)c3s2)c1. The molecule has 2 N–H and O–H groups in total. The number of thiophene rings is 1. The number of rotatable bonds is 8. The van der Waals surface area contributed by atoms with E-state index in [0.717, 1.165) is 20.5 Å². The van der Waals surface area contributed by atoms with Crippen LogP contribution in [0.15, 0.2) is 60.8 Å². The van der Waals surface area contributed by atoms with Crippen molar-refractivity contribution in [1.29, 1.82) is 0 Å². The van der Waals surface area contributed by atoms with Gasteiger partial charge in [0.05, 0.1) is 28.3 Å². The highest BCUT2D eigenvalue weighted by molar-refractivity contribution is 7.90. The summed E-state index contributed by atoms with van der Waals surface area (Å²) in [4.78, 5) is 32.9. The number of anilines is 1. The van der Waals surface area contributed by atoms with Crippen molar-refractivity contribution < 1.29 is 32.6 Å². The van der Waals surface area contributed by atoms with Gasteiger partial charge in [-0.3, -0.25) is 4.98 Å². The highest BCUT2D eigenvalue weighted by Crippen LogP contribution is 2.42. The highest BCUT2D eigenvalue weighted by Gasteiger charge is 2.39. The normalized spacial score (nSPS) is 14.8. The second-order valence-electron chi connectivity index (χ2n) is 14.7. The topological polar surface area (TPSA) is 135 Å². The van der Waals surface area contributed by atoms with Crippen molar-refractivity contribution >= 4 is 60.9 Å². The Hall–Kier alpha value is -3.55. The fourth-order valence-electron chi connectivity index (χ4n) is 5.09. The first-order valence-corrected chi connectivity index (χ1v) is 18.7. The Kier molecular flexibility index (Phi) is 9.96. The van der Waals surface area contributed by atoms with Crippen LogP contribution >= 0.6 is 22.9 Å². The van der Waals surface area contributed by atoms with Crippen molar-refractivity contribution in [2.24, 2.45) is 0 Å². The number of ether oxygens (including phenoxy) is 2. The molecule has 13 heteroatoms. The number of aromatic nitrogens is 1. The molecule has 10 nitrogen and oxygen atoms in total. The third-order valence-electron chi connectivity index (χ3n) is 7.54. The Bertz CT molecular complexity index is 1980. The van der Waals surface area contributed by atoms with E-state index in [2.05, 4.69) is 9.71 Å². The minimum atomic E-state index is -3.77. The van der Waals surface area contributed by atoms with Crippen LogP contribution in [0.4, 0.5) is 15.3 Å². The molecule has 0 bridgehead atoms. The van der Waals surface area contributed by atoms with E-state index in [4.69, 9.17) is 21.1 Å². The first-order valence-electron chi connectivity index (χ1n) is 15.9. The largest absolute Gasteiger partial charge is 0.443 e. The third-order valence-corrected chi connectivity index (χ3v) is 11.0. The molecular weight excluding hydrogens is 686 g/mol. The van der Waals surface area contributed by atoms with E-state index in [1.807, 2.05) is 30.3 Å². The summed E-state index contributed by atoms with van der Waals surface area (Å²) in [6.07, 6.45) is 0.811. The van der Waals surface area contributed by atoms with Crippen molar-refractivity contribution in [3.8, 4) is 11.3 Å². The maximum Gasteiger partial charge on any atom is 0.424 e. The molecule has 262 valence electrons. The monoisotopic (exact) mass is 727 g/mol. The van der Waals surface area contributed by atoms with Gasteiger partial charge >= 0.3 is 12.2 Å². The summed E-state index contributed by atoms with van der Waals surface area (Å²) < 4.78 is 41.9. The standard InChI is InChI=1S/C36H42ClN3O7S2/c1-34(2,3)46-32(41)40(33(42)47-35(4,5)6)23-12-15-27(37)26(20-23)30(39-49(44,45)24-13-14-24)29-18-21-10-9-11-25(31(21)48-29)28-19-22(16-17-38-28)36(7,8)43/h9-12,15-20,24,30,39,43H,13-14H2,1-8H3. The average Bonchev–Trinajstić information content (AvgIpc) is 3.74. The van der Waals surface area contributed by atoms with Crippen LogP contribution in [0.2, 0.25) is 5.02 Å². The molecule has 49 heavy (non-hydrogen) atoms. The Morgan fingerprint density at radius 1 is 0.959 bits per heavy atom. The van der Waals surface area contributed by atoms with Gasteiger partial charge in [0.15, 0.2) is 0 Å². The molecule has 5 rings (SSSR count). The van der Waals surface area contributed by atoms with Crippen LogP contribution in [-0.4, -0.2) is 47.1 Å². The summed E-state index contributed by atoms with van der Waals surface area (Å²) >= 11 is 8.19. The van der Waals surface area contributed by atoms with Crippen LogP contribution in [0.1, 0.15) is 90.3 Å². The average molecular weight is 728 g/mol. The fraction of sp³-hybridized carbons (Fsp3) is 0.417. The molecule has 1 saturated carbocycles. The number of nitrogens with one attached hydrogen (secondary N) is 1. The number of aliphatic hydroxyl groups is 1. The Morgan fingerprint density at radius 2 is 1.59 bits per heavy atom. The van der Waals surface area contributed by atoms with E-state index < -0.39 is 50.3 Å². The summed E-state index contributed by atoms with van der Waals surface area (Å²) in [6, 6.07) is 14.8. The summed E-state index contributed by atoms with van der Waals surface area (Å²) in [7, 11) is -3.77. The van der Waals surface area contributed by atoms with Gasteiger partial charge < -0.3 is 14.6 Å². The van der Waals surface area contributed by atoms with E-state index in [-0.39, 0.29) is 10.7 Å². The maximum atomic E-state index is 13.5. The smallest absolute Gasteiger partial charge is 0.424 e. The van der Waals surface area contributed by atoms with Gasteiger partial charge in [-0.15, -0.1) is 11.3 Å². The second-order valence-corrected chi connectivity index (χ2v) is 18.1. The van der Waals surface area contributed by atoms with Crippen molar-refractivity contribution in [2.45, 2.75) is 96.3 Å². The van der Waals surface area contributed by atoms with Crippen LogP contribution in [-0.2, 0) is 25.1 Å². The van der Waals surface area contributed by atoms with Gasteiger partial charge in [0.1, 0.15) is 11.2 Å². The number of hydrogen-bond acceptors (Lipinski definition) is 9. The van der Waals surface area contributed by atoms with Crippen LogP contribution in [0.25, 0.3) is 21.3 Å². The van der Waals surface area contributed by atoms with E-state index in [0.29, 0.717) is 34.5 Å². The minimum Gasteiger partial charge on any atom is -0.443 e. The molecule has 1 unspecified atom stereocenters. The van der Waals surface area contributed by atoms with E-state index in [9.17, 15) is 23.1 Å². The molecular formula is C36H42ClN3O7S2. The number of benzene rings is 2. The van der Waals surface area contributed by atoms with Gasteiger partial charge in [-0.1, -0.05) is 29.8 Å². The first-order chi connectivity index (χ1) is 22.6. The third kappa shape index (κ3) is 8.79. The molecule has 2 aromatic heterocycles. The number of nitrogens with zero attached hydrogens (tertiary/aromatic N) is 2. The van der Waals surface area contributed by atoms with Crippen LogP contribution in [0, 0.1) is 0 Å². The molecule has 1 aliphatic rings. The lowest BCUT2D eigenvalue weighted by Gasteiger charge is -2.29. The van der Waals surface area contributed by atoms with Gasteiger partial charge in [-0.2, -0.15) is 4.90 Å². The lowest BCUT2D eigenvalue weighted by Crippen LogP contribution is -2.44. The van der Waals surface area contributed by atoms with Gasteiger partial charge in [-0.05, 0) is 121 Å². The molecule has 0 spiro atoms. The molecule has 2 heterocycles. The molecule has 2 aromatic carbocycles. The Morgan fingerprint density at radius 3 is 2.16 bits per heavy atom. The predicted molar refractivity (Wildman–Crippen MR) is 194 cm³/mol. The zero-order valence-electron chi connectivity index (χ0n) is 28.8. The zero-order valence-corrected chi connectivity index (χ0v) is 31.2. The summed E-state index contributed by atoms with van der Waals surface area (Å²) in [5.41, 5.74) is -0.347. The predicted octanol–water partition coefficient (Wildman–Crippen LogP) is 8.69. The van der Waals surface area contributed by atoms with Crippen molar-refractivity contribution in [1.82, 2.24) is 9.71 Å². The number of sulfonamides is 1. The quantitative estimate of drug-likeness (QED) is 0.184. The number of pyridine rings is 1. The second kappa shape index (κ2) is 13.3. The van der Waals surface area contributed by atoms with E-state index in [1.165, 1.54) is 29.5 Å². The van der Waals surface area contributed by atoms with E-state index in [1.54, 1.807) is 67.7 Å². The van der Waals surface area contributed by atoms with Gasteiger partial charge in [-0.25, -0.2) is 22.7 Å². The lowest BCUT2D eigenvalue weighted by atomic mass is 9.97. The first kappa shape index (κ1) is 36.7. The van der Waals surface area contributed by atoms with Crippen molar-refractivity contribution in [3.05, 3.63) is 81.8 Å². The van der Waals surface area contributed by atoms with Crippen molar-refractivity contribution in [3.63, 3.8) is 0 Å². The molecule has 0 aliphatic heterocycles. The molecule has 0 radical (unpaired) electrons. The summed E-state index contributed by atoms with van der Waals surface area (Å²) in [5, 5.41) is 11.2. The molecule has 1 atom stereocenters. The molecule has 4 aromatic rings. The maximum absolute atomic E-state index is 13.5. The number of amides is 2. The molecule has 2 amide bonds. The number of carbonyl (C=O) groups is 2. The minimum absolute atomic E-state index is 0.0907. The zero-order chi connectivity index (χ0) is 36.1. The molecule has 1 fully saturated rings. The van der Waals surface area contributed by atoms with E-state index >= 15 is 0 Å². The number of fused-ring (bicyclic) bond motifs is 1. The Balaban J connectivity index is 1.66. The van der Waals surface area contributed by atoms with Gasteiger partial charge in [0.2, 0.25) is 10.0 Å². The Labute approximate surface area is 296 Å². The lowest BCUT2D eigenvalue weighted by molar-refractivity contribution is 0.0430. The summed E-state index contributed by atoms with van der Waals surface area (Å²) in [5.74, 6) is 0. The highest BCUT2D eigenvalue weighted by atomic mass is 35.5. The molecule has 1 aliphatic carbocycles. The van der Waals surface area contributed by atoms with Gasteiger partial charge in [0, 0.05) is 26.4 Å². The van der Waals surface area contributed by atoms with Crippen LogP contribution in [0.3, 0.4) is 0 Å². The number of halogens is 1. The van der Waals surface area contributed by atoms with Crippen LogP contribution in [0.5, 0.6) is 0 Å². The van der Waals surface area contributed by atoms with Crippen molar-refractivity contribution in [2.75, 3.05) is 4.90 Å².